The molecule has 0 unspecified atom stereocenters. The summed E-state index contributed by atoms with van der Waals surface area (Å²) in [5, 5.41) is 7.66. The lowest BCUT2D eigenvalue weighted by atomic mass is 9.71. The van der Waals surface area contributed by atoms with E-state index in [1.54, 1.807) is 22.9 Å². The van der Waals surface area contributed by atoms with Crippen LogP contribution in [-0.4, -0.2) is 44.8 Å². The summed E-state index contributed by atoms with van der Waals surface area (Å²) in [5.74, 6) is -1.72. The van der Waals surface area contributed by atoms with Crippen LogP contribution in [0.5, 0.6) is 0 Å². The topological polar surface area (TPSA) is 79.7 Å². The summed E-state index contributed by atoms with van der Waals surface area (Å²) in [5.41, 5.74) is 1.26. The van der Waals surface area contributed by atoms with Crippen molar-refractivity contribution in [1.82, 2.24) is 24.7 Å². The van der Waals surface area contributed by atoms with Crippen LogP contribution in [0.2, 0.25) is 0 Å². The minimum Gasteiger partial charge on any atom is -0.354 e. The average Bonchev–Trinajstić information content (AvgIpc) is 3.29. The van der Waals surface area contributed by atoms with Crippen molar-refractivity contribution < 1.29 is 8.78 Å². The number of alkyl halides is 2. The molecule has 10 heteroatoms. The molecule has 1 aliphatic rings. The van der Waals surface area contributed by atoms with E-state index in [2.05, 4.69) is 15.5 Å². The first kappa shape index (κ1) is 21.9. The predicted octanol–water partition coefficient (Wildman–Crippen LogP) is 4.52. The van der Waals surface area contributed by atoms with Crippen LogP contribution in [0.1, 0.15) is 68.8 Å². The molecule has 3 aromatic heterocycles. The molecule has 168 valence electrons. The lowest BCUT2D eigenvalue weighted by Gasteiger charge is -2.34. The second-order valence-corrected chi connectivity index (χ2v) is 9.34. The third kappa shape index (κ3) is 4.49. The largest absolute Gasteiger partial charge is 0.354 e. The van der Waals surface area contributed by atoms with Gasteiger partial charge in [0.15, 0.2) is 10.8 Å². The first-order valence-electron chi connectivity index (χ1n) is 10.8. The number of hydrogen-bond acceptors (Lipinski definition) is 6. The van der Waals surface area contributed by atoms with Crippen LogP contribution < -0.4 is 10.5 Å². The Hall–Kier alpha value is -2.36. The van der Waals surface area contributed by atoms with Gasteiger partial charge in [0.1, 0.15) is 11.2 Å². The van der Waals surface area contributed by atoms with Gasteiger partial charge >= 0.3 is 0 Å². The van der Waals surface area contributed by atoms with Gasteiger partial charge in [-0.1, -0.05) is 13.3 Å². The van der Waals surface area contributed by atoms with Crippen molar-refractivity contribution in [2.24, 2.45) is 0 Å². The van der Waals surface area contributed by atoms with E-state index in [-0.39, 0.29) is 36.7 Å². The Morgan fingerprint density at radius 1 is 1.26 bits per heavy atom. The van der Waals surface area contributed by atoms with Gasteiger partial charge in [-0.2, -0.15) is 5.10 Å². The number of anilines is 1. The Bertz CT molecular complexity index is 1100. The third-order valence-electron chi connectivity index (χ3n) is 5.95. The molecule has 0 spiro atoms. The van der Waals surface area contributed by atoms with E-state index in [1.165, 1.54) is 6.20 Å². The second kappa shape index (κ2) is 8.64. The molecule has 1 fully saturated rings. The van der Waals surface area contributed by atoms with Gasteiger partial charge in [-0.05, 0) is 19.3 Å². The maximum Gasteiger partial charge on any atom is 0.262 e. The van der Waals surface area contributed by atoms with E-state index in [0.717, 1.165) is 23.7 Å². The van der Waals surface area contributed by atoms with Crippen LogP contribution >= 0.6 is 11.3 Å². The van der Waals surface area contributed by atoms with Gasteiger partial charge < -0.3 is 9.88 Å². The van der Waals surface area contributed by atoms with Crippen LogP contribution in [-0.2, 0) is 6.54 Å². The van der Waals surface area contributed by atoms with Crippen LogP contribution in [0.15, 0.2) is 16.4 Å². The molecule has 1 saturated carbocycles. The number of H-pyrrole nitrogens is 1. The Morgan fingerprint density at radius 3 is 2.68 bits per heavy atom. The number of thiazole rings is 1. The van der Waals surface area contributed by atoms with Crippen molar-refractivity contribution >= 4 is 27.5 Å². The van der Waals surface area contributed by atoms with E-state index in [1.807, 2.05) is 19.0 Å². The SMILES string of the molecule is CCCC(F)(F)CCCn1ncc2c(=O)[nH]c([C@H]3CC[C@H]3c3csc(N(C)C)n3)nc21. The van der Waals surface area contributed by atoms with Crippen molar-refractivity contribution in [2.45, 2.75) is 69.8 Å². The second-order valence-electron chi connectivity index (χ2n) is 8.51. The monoisotopic (exact) mass is 450 g/mol. The number of hydrogen-bond donors (Lipinski definition) is 1. The predicted molar refractivity (Wildman–Crippen MR) is 118 cm³/mol. The molecule has 4 rings (SSSR count). The molecule has 0 saturated heterocycles. The highest BCUT2D eigenvalue weighted by molar-refractivity contribution is 7.13. The number of nitrogens with zero attached hydrogens (tertiary/aromatic N) is 5. The number of aromatic nitrogens is 5. The molecule has 0 amide bonds. The van der Waals surface area contributed by atoms with E-state index in [9.17, 15) is 13.6 Å². The molecular formula is C21H28F2N6OS. The van der Waals surface area contributed by atoms with Crippen molar-refractivity contribution in [2.75, 3.05) is 19.0 Å². The molecule has 0 aliphatic heterocycles. The maximum absolute atomic E-state index is 13.8. The van der Waals surface area contributed by atoms with E-state index >= 15 is 0 Å². The summed E-state index contributed by atoms with van der Waals surface area (Å²) in [4.78, 5) is 26.9. The summed E-state index contributed by atoms with van der Waals surface area (Å²) in [6.45, 7) is 2.07. The minimum atomic E-state index is -2.66. The van der Waals surface area contributed by atoms with E-state index < -0.39 is 5.92 Å². The highest BCUT2D eigenvalue weighted by Gasteiger charge is 2.37. The molecule has 1 N–H and O–H groups in total. The molecule has 0 radical (unpaired) electrons. The summed E-state index contributed by atoms with van der Waals surface area (Å²) < 4.78 is 29.2. The van der Waals surface area contributed by atoms with Crippen LogP contribution in [0.4, 0.5) is 13.9 Å². The smallest absolute Gasteiger partial charge is 0.262 e. The van der Waals surface area contributed by atoms with Gasteiger partial charge in [0, 0.05) is 50.7 Å². The maximum atomic E-state index is 13.8. The molecule has 0 bridgehead atoms. The highest BCUT2D eigenvalue weighted by atomic mass is 32.1. The van der Waals surface area contributed by atoms with Gasteiger partial charge in [-0.15, -0.1) is 11.3 Å². The molecular weight excluding hydrogens is 422 g/mol. The van der Waals surface area contributed by atoms with E-state index in [0.29, 0.717) is 29.8 Å². The molecule has 1 aliphatic carbocycles. The molecule has 7 nitrogen and oxygen atoms in total. The normalized spacial score (nSPS) is 19.0. The fourth-order valence-electron chi connectivity index (χ4n) is 4.13. The fourth-order valence-corrected chi connectivity index (χ4v) is 4.96. The zero-order valence-electron chi connectivity index (χ0n) is 18.1. The Kier molecular flexibility index (Phi) is 6.09. The van der Waals surface area contributed by atoms with E-state index in [4.69, 9.17) is 9.97 Å². The Morgan fingerprint density at radius 2 is 2.03 bits per heavy atom. The van der Waals surface area contributed by atoms with Crippen LogP contribution in [0, 0.1) is 0 Å². The summed E-state index contributed by atoms with van der Waals surface area (Å²) in [6.07, 6.45) is 3.82. The van der Waals surface area contributed by atoms with Gasteiger partial charge in [0.25, 0.3) is 5.56 Å². The molecule has 3 aromatic rings. The molecule has 0 aromatic carbocycles. The lowest BCUT2D eigenvalue weighted by Crippen LogP contribution is -2.27. The number of nitrogens with one attached hydrogen (secondary N) is 1. The van der Waals surface area contributed by atoms with Crippen molar-refractivity contribution in [3.8, 4) is 0 Å². The zero-order valence-corrected chi connectivity index (χ0v) is 18.9. The molecule has 3 heterocycles. The first-order chi connectivity index (χ1) is 14.8. The lowest BCUT2D eigenvalue weighted by molar-refractivity contribution is -0.0194. The Labute approximate surface area is 183 Å². The standard InChI is InChI=1S/C21H28F2N6OS/c1-4-8-21(22,23)9-5-10-29-18-15(11-24-29)19(30)27-17(26-18)14-7-6-13(14)16-12-31-20(25-16)28(2)3/h11-14H,4-10H2,1-3H3,(H,26,27,30)/t13-,14+/m1/s1. The fraction of sp³-hybridized carbons (Fsp3) is 0.619. The number of fused-ring (bicyclic) bond motifs is 1. The number of rotatable bonds is 9. The van der Waals surface area contributed by atoms with Crippen molar-refractivity contribution in [3.05, 3.63) is 33.4 Å². The van der Waals surface area contributed by atoms with Crippen molar-refractivity contribution in [1.29, 1.82) is 0 Å². The molecule has 31 heavy (non-hydrogen) atoms. The zero-order chi connectivity index (χ0) is 22.2. The average molecular weight is 451 g/mol. The van der Waals surface area contributed by atoms with Crippen LogP contribution in [0.3, 0.4) is 0 Å². The Balaban J connectivity index is 1.54. The van der Waals surface area contributed by atoms with Gasteiger partial charge in [-0.25, -0.2) is 23.4 Å². The summed E-state index contributed by atoms with van der Waals surface area (Å²) in [7, 11) is 3.93. The minimum absolute atomic E-state index is 0.0893. The molecule has 2 atom stereocenters. The summed E-state index contributed by atoms with van der Waals surface area (Å²) in [6, 6.07) is 0. The van der Waals surface area contributed by atoms with Crippen LogP contribution in [0.25, 0.3) is 11.0 Å². The number of aryl methyl sites for hydroxylation is 1. The van der Waals surface area contributed by atoms with Crippen molar-refractivity contribution in [3.63, 3.8) is 0 Å². The van der Waals surface area contributed by atoms with Gasteiger partial charge in [-0.3, -0.25) is 4.79 Å². The van der Waals surface area contributed by atoms with Gasteiger partial charge in [0.2, 0.25) is 5.92 Å². The quantitative estimate of drug-likeness (QED) is 0.519. The summed E-state index contributed by atoms with van der Waals surface area (Å²) >= 11 is 1.60. The number of aromatic amines is 1. The number of halogens is 2. The highest BCUT2D eigenvalue weighted by Crippen LogP contribution is 2.48. The van der Waals surface area contributed by atoms with Gasteiger partial charge in [0.05, 0.1) is 11.9 Å². The first-order valence-corrected chi connectivity index (χ1v) is 11.6. The third-order valence-corrected chi connectivity index (χ3v) is 6.98.